The van der Waals surface area contributed by atoms with Crippen LogP contribution in [-0.2, 0) is 4.79 Å². The van der Waals surface area contributed by atoms with Gasteiger partial charge < -0.3 is 4.90 Å². The van der Waals surface area contributed by atoms with Gasteiger partial charge in [-0.05, 0) is 18.6 Å². The molecule has 80 valence electrons. The summed E-state index contributed by atoms with van der Waals surface area (Å²) in [6.45, 7) is 0.456. The highest BCUT2D eigenvalue weighted by Crippen LogP contribution is 2.30. The van der Waals surface area contributed by atoms with Crippen LogP contribution in [0.2, 0.25) is 5.02 Å². The topological polar surface area (TPSA) is 20.3 Å². The van der Waals surface area contributed by atoms with Gasteiger partial charge in [0.25, 0.3) is 0 Å². The van der Waals surface area contributed by atoms with Crippen molar-refractivity contribution < 1.29 is 13.6 Å². The molecule has 1 fully saturated rings. The largest absolute Gasteiger partial charge is 0.310 e. The molecule has 0 aromatic heterocycles. The first-order valence-electron chi connectivity index (χ1n) is 4.55. The molecule has 0 atom stereocenters. The third kappa shape index (κ3) is 1.69. The number of anilines is 1. The van der Waals surface area contributed by atoms with E-state index in [0.29, 0.717) is 19.4 Å². The van der Waals surface area contributed by atoms with Crippen LogP contribution in [0.15, 0.2) is 12.1 Å². The average molecular weight is 232 g/mol. The number of rotatable bonds is 1. The van der Waals surface area contributed by atoms with E-state index < -0.39 is 16.7 Å². The van der Waals surface area contributed by atoms with Crippen LogP contribution in [0.25, 0.3) is 0 Å². The first-order chi connectivity index (χ1) is 7.11. The van der Waals surface area contributed by atoms with Crippen LogP contribution in [-0.4, -0.2) is 12.5 Å². The summed E-state index contributed by atoms with van der Waals surface area (Å²) >= 11 is 5.42. The molecule has 2 rings (SSSR count). The van der Waals surface area contributed by atoms with Crippen LogP contribution in [0, 0.1) is 11.6 Å². The molecular formula is C10H8ClF2NO. The zero-order chi connectivity index (χ0) is 11.0. The molecule has 1 aromatic carbocycles. The maximum atomic E-state index is 13.5. The number of halogens is 3. The summed E-state index contributed by atoms with van der Waals surface area (Å²) in [5.41, 5.74) is 0.0592. The molecule has 0 N–H and O–H groups in total. The van der Waals surface area contributed by atoms with E-state index in [1.54, 1.807) is 0 Å². The van der Waals surface area contributed by atoms with E-state index in [1.165, 1.54) is 11.0 Å². The van der Waals surface area contributed by atoms with E-state index >= 15 is 0 Å². The molecule has 0 radical (unpaired) electrons. The average Bonchev–Trinajstić information content (AvgIpc) is 2.62. The summed E-state index contributed by atoms with van der Waals surface area (Å²) in [6.07, 6.45) is 1.09. The van der Waals surface area contributed by atoms with Crippen LogP contribution in [0.4, 0.5) is 14.5 Å². The van der Waals surface area contributed by atoms with Gasteiger partial charge in [-0.25, -0.2) is 8.78 Å². The Bertz CT molecular complexity index is 422. The van der Waals surface area contributed by atoms with Crippen molar-refractivity contribution in [2.24, 2.45) is 0 Å². The Morgan fingerprint density at radius 3 is 2.67 bits per heavy atom. The molecule has 1 aliphatic heterocycles. The van der Waals surface area contributed by atoms with E-state index in [4.69, 9.17) is 11.6 Å². The Morgan fingerprint density at radius 2 is 2.07 bits per heavy atom. The summed E-state index contributed by atoms with van der Waals surface area (Å²) < 4.78 is 26.4. The Labute approximate surface area is 90.4 Å². The molecule has 15 heavy (non-hydrogen) atoms. The number of hydrogen-bond acceptors (Lipinski definition) is 1. The lowest BCUT2D eigenvalue weighted by Gasteiger charge is -2.16. The summed E-state index contributed by atoms with van der Waals surface area (Å²) in [5, 5.41) is -0.563. The number of hydrogen-bond donors (Lipinski definition) is 0. The van der Waals surface area contributed by atoms with E-state index in [9.17, 15) is 13.6 Å². The molecule has 1 saturated heterocycles. The fourth-order valence-corrected chi connectivity index (χ4v) is 1.79. The van der Waals surface area contributed by atoms with Gasteiger partial charge in [-0.2, -0.15) is 0 Å². The van der Waals surface area contributed by atoms with E-state index in [0.717, 1.165) is 6.07 Å². The Kier molecular flexibility index (Phi) is 2.61. The lowest BCUT2D eigenvalue weighted by Crippen LogP contribution is -2.24. The van der Waals surface area contributed by atoms with Crippen molar-refractivity contribution >= 4 is 23.2 Å². The molecule has 0 spiro atoms. The molecule has 1 aromatic rings. The minimum Gasteiger partial charge on any atom is -0.310 e. The van der Waals surface area contributed by atoms with Gasteiger partial charge >= 0.3 is 0 Å². The third-order valence-electron chi connectivity index (χ3n) is 2.38. The summed E-state index contributed by atoms with van der Waals surface area (Å²) in [5.74, 6) is -1.84. The quantitative estimate of drug-likeness (QED) is 0.681. The molecule has 0 saturated carbocycles. The normalized spacial score (nSPS) is 16.2. The molecule has 1 aliphatic rings. The zero-order valence-corrected chi connectivity index (χ0v) is 8.52. The van der Waals surface area contributed by atoms with Crippen molar-refractivity contribution in [2.75, 3.05) is 11.4 Å². The molecule has 2 nitrogen and oxygen atoms in total. The predicted molar refractivity (Wildman–Crippen MR) is 53.0 cm³/mol. The number of carbonyl (C=O) groups is 1. The van der Waals surface area contributed by atoms with Crippen LogP contribution in [0.1, 0.15) is 12.8 Å². The second-order valence-corrected chi connectivity index (χ2v) is 3.72. The number of carbonyl (C=O) groups excluding carboxylic acids is 1. The molecule has 5 heteroatoms. The van der Waals surface area contributed by atoms with Crippen molar-refractivity contribution in [3.05, 3.63) is 28.8 Å². The summed E-state index contributed by atoms with van der Waals surface area (Å²) in [6, 6.07) is 2.30. The van der Waals surface area contributed by atoms with Gasteiger partial charge in [0.15, 0.2) is 5.82 Å². The lowest BCUT2D eigenvalue weighted by atomic mass is 10.2. The Hall–Kier alpha value is -1.16. The first kappa shape index (κ1) is 10.4. The molecule has 1 amide bonds. The van der Waals surface area contributed by atoms with E-state index in [-0.39, 0.29) is 11.6 Å². The Morgan fingerprint density at radius 1 is 1.33 bits per heavy atom. The lowest BCUT2D eigenvalue weighted by molar-refractivity contribution is -0.117. The standard InChI is InChI=1S/C10H8ClF2NO/c11-9-6(12)3-4-7(10(9)13)14-5-1-2-8(14)15/h3-4H,1-2,5H2. The number of benzene rings is 1. The van der Waals surface area contributed by atoms with Crippen molar-refractivity contribution in [1.29, 1.82) is 0 Å². The van der Waals surface area contributed by atoms with Crippen LogP contribution in [0.5, 0.6) is 0 Å². The molecule has 0 bridgehead atoms. The molecule has 0 aliphatic carbocycles. The highest BCUT2D eigenvalue weighted by atomic mass is 35.5. The van der Waals surface area contributed by atoms with Gasteiger partial charge in [0.2, 0.25) is 5.91 Å². The number of nitrogens with zero attached hydrogens (tertiary/aromatic N) is 1. The van der Waals surface area contributed by atoms with Gasteiger partial charge in [-0.3, -0.25) is 4.79 Å². The van der Waals surface area contributed by atoms with Crippen molar-refractivity contribution in [3.8, 4) is 0 Å². The predicted octanol–water partition coefficient (Wildman–Crippen LogP) is 2.75. The first-order valence-corrected chi connectivity index (χ1v) is 4.93. The van der Waals surface area contributed by atoms with Crippen molar-refractivity contribution in [1.82, 2.24) is 0 Å². The molecule has 0 unspecified atom stereocenters. The van der Waals surface area contributed by atoms with Gasteiger partial charge in [0.1, 0.15) is 10.8 Å². The minimum atomic E-state index is -0.869. The fraction of sp³-hybridized carbons (Fsp3) is 0.300. The second-order valence-electron chi connectivity index (χ2n) is 3.34. The van der Waals surface area contributed by atoms with Crippen LogP contribution in [0.3, 0.4) is 0 Å². The van der Waals surface area contributed by atoms with Gasteiger partial charge in [0.05, 0.1) is 5.69 Å². The maximum absolute atomic E-state index is 13.5. The van der Waals surface area contributed by atoms with Crippen LogP contribution >= 0.6 is 11.6 Å². The summed E-state index contributed by atoms with van der Waals surface area (Å²) in [7, 11) is 0. The smallest absolute Gasteiger partial charge is 0.227 e. The number of amides is 1. The molecular weight excluding hydrogens is 224 g/mol. The van der Waals surface area contributed by atoms with E-state index in [2.05, 4.69) is 0 Å². The van der Waals surface area contributed by atoms with Gasteiger partial charge in [-0.15, -0.1) is 0 Å². The van der Waals surface area contributed by atoms with Crippen molar-refractivity contribution in [2.45, 2.75) is 12.8 Å². The maximum Gasteiger partial charge on any atom is 0.227 e. The van der Waals surface area contributed by atoms with Gasteiger partial charge in [-0.1, -0.05) is 11.6 Å². The monoisotopic (exact) mass is 231 g/mol. The highest BCUT2D eigenvalue weighted by molar-refractivity contribution is 6.31. The van der Waals surface area contributed by atoms with Gasteiger partial charge in [0, 0.05) is 13.0 Å². The summed E-state index contributed by atoms with van der Waals surface area (Å²) in [4.78, 5) is 12.6. The SMILES string of the molecule is O=C1CCCN1c1ccc(F)c(Cl)c1F. The van der Waals surface area contributed by atoms with Crippen molar-refractivity contribution in [3.63, 3.8) is 0 Å². The van der Waals surface area contributed by atoms with Crippen LogP contribution < -0.4 is 4.90 Å². The molecule has 1 heterocycles. The highest BCUT2D eigenvalue weighted by Gasteiger charge is 2.25. The Balaban J connectivity index is 2.45. The fourth-order valence-electron chi connectivity index (χ4n) is 1.63. The second kappa shape index (κ2) is 3.77. The van der Waals surface area contributed by atoms with E-state index in [1.807, 2.05) is 0 Å². The zero-order valence-electron chi connectivity index (χ0n) is 7.77. The minimum absolute atomic E-state index is 0.0592. The third-order valence-corrected chi connectivity index (χ3v) is 2.73.